The second-order valence-electron chi connectivity index (χ2n) is 7.59. The third kappa shape index (κ3) is 3.43. The van der Waals surface area contributed by atoms with Gasteiger partial charge in [0.2, 0.25) is 0 Å². The van der Waals surface area contributed by atoms with Crippen molar-refractivity contribution < 1.29 is 4.79 Å². The largest absolute Gasteiger partial charge is 0.298 e. The predicted octanol–water partition coefficient (Wildman–Crippen LogP) is 2.59. The topological polar surface area (TPSA) is 57.1 Å². The number of nitrogens with one attached hydrogen (secondary N) is 1. The molecule has 1 aliphatic carbocycles. The van der Waals surface area contributed by atoms with Gasteiger partial charge in [0.1, 0.15) is 11.9 Å². The summed E-state index contributed by atoms with van der Waals surface area (Å²) in [5.74, 6) is 1.69. The number of carbonyl (C=O) groups is 1. The van der Waals surface area contributed by atoms with Crippen molar-refractivity contribution in [2.75, 3.05) is 5.75 Å². The van der Waals surface area contributed by atoms with Crippen LogP contribution in [-0.2, 0) is 4.79 Å². The molecule has 0 spiro atoms. The van der Waals surface area contributed by atoms with Gasteiger partial charge >= 0.3 is 0 Å². The highest BCUT2D eigenvalue weighted by Crippen LogP contribution is 2.36. The van der Waals surface area contributed by atoms with E-state index >= 15 is 0 Å². The number of thioether (sulfide) groups is 1. The van der Waals surface area contributed by atoms with Crippen LogP contribution in [0.5, 0.6) is 0 Å². The molecule has 6 heteroatoms. The van der Waals surface area contributed by atoms with Crippen molar-refractivity contribution in [3.05, 3.63) is 46.5 Å². The van der Waals surface area contributed by atoms with Crippen LogP contribution in [0.3, 0.4) is 0 Å². The number of amides is 1. The predicted molar refractivity (Wildman–Crippen MR) is 110 cm³/mol. The fourth-order valence-electron chi connectivity index (χ4n) is 4.12. The summed E-state index contributed by atoms with van der Waals surface area (Å²) in [4.78, 5) is 18.0. The zero-order valence-electron chi connectivity index (χ0n) is 16.1. The molecule has 0 fully saturated rings. The molecule has 2 heterocycles. The van der Waals surface area contributed by atoms with E-state index in [0.717, 1.165) is 35.6 Å². The van der Waals surface area contributed by atoms with Crippen LogP contribution in [0, 0.1) is 11.8 Å². The second-order valence-corrected chi connectivity index (χ2v) is 8.68. The van der Waals surface area contributed by atoms with Crippen molar-refractivity contribution in [1.82, 2.24) is 10.3 Å². The highest BCUT2D eigenvalue weighted by molar-refractivity contribution is 8.13. The first-order valence-corrected chi connectivity index (χ1v) is 10.7. The van der Waals surface area contributed by atoms with Gasteiger partial charge < -0.3 is 0 Å². The van der Waals surface area contributed by atoms with E-state index in [1.165, 1.54) is 5.57 Å². The first-order chi connectivity index (χ1) is 13.1. The highest BCUT2D eigenvalue weighted by Gasteiger charge is 2.39. The summed E-state index contributed by atoms with van der Waals surface area (Å²) in [6.45, 7) is 6.62. The van der Waals surface area contributed by atoms with E-state index in [2.05, 4.69) is 32.2 Å². The third-order valence-corrected chi connectivity index (χ3v) is 6.55. The normalized spacial score (nSPS) is 27.1. The molecular formula is C21H26N4OS. The Hall–Kier alpha value is -2.08. The lowest BCUT2D eigenvalue weighted by atomic mass is 9.79. The summed E-state index contributed by atoms with van der Waals surface area (Å²) in [7, 11) is 0. The molecule has 1 N–H and O–H groups in total. The molecule has 0 saturated carbocycles. The molecule has 0 saturated heterocycles. The van der Waals surface area contributed by atoms with E-state index in [1.54, 1.807) is 11.8 Å². The van der Waals surface area contributed by atoms with Crippen LogP contribution in [0.2, 0.25) is 0 Å². The smallest absolute Gasteiger partial charge is 0.276 e. The first-order valence-electron chi connectivity index (χ1n) is 9.73. The Kier molecular flexibility index (Phi) is 5.08. The number of fused-ring (bicyclic) bond motifs is 2. The van der Waals surface area contributed by atoms with Gasteiger partial charge in [-0.1, -0.05) is 55.5 Å². The van der Waals surface area contributed by atoms with Crippen molar-refractivity contribution in [3.63, 3.8) is 0 Å². The lowest BCUT2D eigenvalue weighted by Crippen LogP contribution is -2.55. The van der Waals surface area contributed by atoms with Gasteiger partial charge in [-0.3, -0.25) is 15.1 Å². The standard InChI is InChI=1S/C21H26N4OS/c1-4-11-27-21-23-20(26)18-16-7-5-6-8-17(16)22-19(25(18)24-21)15-10-9-13(2)12-14(15)3/h5-9,14-15,19H,4,10-12H2,1-3H3,(H,23,24,26)/t14-,15+,19-/m0/s1. The molecule has 1 aromatic rings. The van der Waals surface area contributed by atoms with Gasteiger partial charge in [-0.15, -0.1) is 5.10 Å². The average Bonchev–Trinajstić information content (AvgIpc) is 2.65. The number of hydrazone groups is 1. The molecule has 5 nitrogen and oxygen atoms in total. The lowest BCUT2D eigenvalue weighted by Gasteiger charge is -2.40. The summed E-state index contributed by atoms with van der Waals surface area (Å²) < 4.78 is 0. The maximum absolute atomic E-state index is 13.0. The number of carbonyl (C=O) groups excluding carboxylic acids is 1. The monoisotopic (exact) mass is 382 g/mol. The van der Waals surface area contributed by atoms with Crippen LogP contribution in [0.15, 0.2) is 46.0 Å². The molecule has 0 unspecified atom stereocenters. The van der Waals surface area contributed by atoms with Gasteiger partial charge in [0.05, 0.1) is 5.36 Å². The molecule has 2 aliphatic heterocycles. The van der Waals surface area contributed by atoms with Gasteiger partial charge in [-0.25, -0.2) is 5.01 Å². The Morgan fingerprint density at radius 2 is 2.15 bits per heavy atom. The molecule has 1 aromatic carbocycles. The quantitative estimate of drug-likeness (QED) is 0.818. The molecule has 27 heavy (non-hydrogen) atoms. The molecule has 0 radical (unpaired) electrons. The van der Waals surface area contributed by atoms with Crippen molar-refractivity contribution in [3.8, 4) is 0 Å². The van der Waals surface area contributed by atoms with E-state index in [-0.39, 0.29) is 12.1 Å². The maximum atomic E-state index is 13.0. The lowest BCUT2D eigenvalue weighted by molar-refractivity contribution is -0.116. The van der Waals surface area contributed by atoms with Gasteiger partial charge in [-0.2, -0.15) is 0 Å². The molecule has 3 atom stereocenters. The SMILES string of the molecule is CCCSC1=NN2C(=c3ccccc3=N[C@@H]2[C@@H]2CC=C(C)C[C@@H]2C)C(=O)N1. The Balaban J connectivity index is 1.82. The first kappa shape index (κ1) is 18.3. The van der Waals surface area contributed by atoms with Crippen molar-refractivity contribution in [1.29, 1.82) is 0 Å². The molecule has 0 bridgehead atoms. The number of hydrogen-bond donors (Lipinski definition) is 1. The number of hydrogen-bond acceptors (Lipinski definition) is 5. The summed E-state index contributed by atoms with van der Waals surface area (Å²) >= 11 is 1.60. The summed E-state index contributed by atoms with van der Waals surface area (Å²) in [5.41, 5.74) is 2.07. The Morgan fingerprint density at radius 1 is 1.33 bits per heavy atom. The summed E-state index contributed by atoms with van der Waals surface area (Å²) in [5, 5.41) is 12.1. The fourth-order valence-corrected chi connectivity index (χ4v) is 4.83. The number of benzene rings is 1. The molecule has 142 valence electrons. The van der Waals surface area contributed by atoms with Gasteiger partial charge in [0.25, 0.3) is 5.91 Å². The van der Waals surface area contributed by atoms with Crippen LogP contribution in [0.1, 0.15) is 40.0 Å². The van der Waals surface area contributed by atoms with E-state index in [1.807, 2.05) is 29.3 Å². The van der Waals surface area contributed by atoms with Crippen molar-refractivity contribution >= 4 is 28.5 Å². The molecule has 0 aromatic heterocycles. The van der Waals surface area contributed by atoms with Crippen LogP contribution in [-0.4, -0.2) is 28.0 Å². The summed E-state index contributed by atoms with van der Waals surface area (Å²) in [6.07, 6.45) is 5.27. The van der Waals surface area contributed by atoms with Crippen LogP contribution in [0.25, 0.3) is 5.70 Å². The van der Waals surface area contributed by atoms with Crippen LogP contribution < -0.4 is 15.9 Å². The van der Waals surface area contributed by atoms with Gasteiger partial charge in [0.15, 0.2) is 5.17 Å². The minimum Gasteiger partial charge on any atom is -0.298 e. The van der Waals surface area contributed by atoms with E-state index < -0.39 is 0 Å². The van der Waals surface area contributed by atoms with Crippen molar-refractivity contribution in [2.45, 2.75) is 46.2 Å². The summed E-state index contributed by atoms with van der Waals surface area (Å²) in [6, 6.07) is 7.90. The molecule has 4 rings (SSSR count). The Morgan fingerprint density at radius 3 is 2.93 bits per heavy atom. The van der Waals surface area contributed by atoms with Gasteiger partial charge in [-0.05, 0) is 38.2 Å². The molecule has 1 amide bonds. The maximum Gasteiger partial charge on any atom is 0.276 e. The van der Waals surface area contributed by atoms with Crippen LogP contribution >= 0.6 is 11.8 Å². The number of rotatable bonds is 3. The zero-order chi connectivity index (χ0) is 19.0. The van der Waals surface area contributed by atoms with Crippen LogP contribution in [0.4, 0.5) is 0 Å². The minimum absolute atomic E-state index is 0.0776. The van der Waals surface area contributed by atoms with Crippen molar-refractivity contribution in [2.24, 2.45) is 21.9 Å². The highest BCUT2D eigenvalue weighted by atomic mass is 32.2. The molecular weight excluding hydrogens is 356 g/mol. The average molecular weight is 383 g/mol. The number of nitrogens with zero attached hydrogens (tertiary/aromatic N) is 3. The minimum atomic E-state index is -0.141. The zero-order valence-corrected chi connectivity index (χ0v) is 16.9. The fraction of sp³-hybridized carbons (Fsp3) is 0.476. The molecule has 3 aliphatic rings. The van der Waals surface area contributed by atoms with Gasteiger partial charge in [0, 0.05) is 16.9 Å². The second kappa shape index (κ2) is 7.50. The van der Waals surface area contributed by atoms with E-state index in [4.69, 9.17) is 10.1 Å². The third-order valence-electron chi connectivity index (χ3n) is 5.48. The Bertz CT molecular complexity index is 936. The number of para-hydroxylation sites is 1. The van der Waals surface area contributed by atoms with E-state index in [9.17, 15) is 4.79 Å². The Labute approximate surface area is 164 Å². The van der Waals surface area contributed by atoms with E-state index in [0.29, 0.717) is 22.7 Å². The number of amidine groups is 1. The number of allylic oxidation sites excluding steroid dienone is 2.